The first-order valence-corrected chi connectivity index (χ1v) is 7.33. The molecule has 0 bridgehead atoms. The molecule has 0 saturated carbocycles. The van der Waals surface area contributed by atoms with E-state index >= 15 is 0 Å². The van der Waals surface area contributed by atoms with Crippen molar-refractivity contribution in [2.45, 2.75) is 33.4 Å². The summed E-state index contributed by atoms with van der Waals surface area (Å²) in [4.78, 5) is 11.5. The fraction of sp³-hybridized carbons (Fsp3) is 0.375. The first kappa shape index (κ1) is 15.1. The Morgan fingerprint density at radius 1 is 1.19 bits per heavy atom. The van der Waals surface area contributed by atoms with E-state index in [2.05, 4.69) is 22.7 Å². The van der Waals surface area contributed by atoms with Gasteiger partial charge < -0.3 is 10.6 Å². The Balaban J connectivity index is 1.89. The summed E-state index contributed by atoms with van der Waals surface area (Å²) in [5.41, 5.74) is 3.22. The summed E-state index contributed by atoms with van der Waals surface area (Å²) >= 11 is 0. The second kappa shape index (κ2) is 7.47. The minimum Gasteiger partial charge on any atom is -0.379 e. The Labute approximate surface area is 125 Å². The maximum absolute atomic E-state index is 11.5. The molecule has 2 aromatic rings. The zero-order valence-electron chi connectivity index (χ0n) is 12.6. The third kappa shape index (κ3) is 4.34. The zero-order chi connectivity index (χ0) is 15.1. The predicted molar refractivity (Wildman–Crippen MR) is 84.1 cm³/mol. The highest BCUT2D eigenvalue weighted by Crippen LogP contribution is 2.12. The molecule has 0 atom stereocenters. The number of likely N-dealkylation sites (N-methyl/N-ethyl adjacent to an activating group) is 1. The number of amides is 1. The van der Waals surface area contributed by atoms with Gasteiger partial charge in [-0.15, -0.1) is 0 Å². The lowest BCUT2D eigenvalue weighted by molar-refractivity contribution is -0.120. The van der Waals surface area contributed by atoms with E-state index in [0.29, 0.717) is 13.0 Å². The van der Waals surface area contributed by atoms with Crippen LogP contribution in [0.4, 0.5) is 5.69 Å². The van der Waals surface area contributed by atoms with Crippen LogP contribution in [-0.2, 0) is 24.3 Å². The molecule has 0 fully saturated rings. The lowest BCUT2D eigenvalue weighted by Crippen LogP contribution is -2.24. The summed E-state index contributed by atoms with van der Waals surface area (Å²) in [7, 11) is 0. The van der Waals surface area contributed by atoms with Gasteiger partial charge in [-0.25, -0.2) is 0 Å². The van der Waals surface area contributed by atoms with E-state index in [1.807, 2.05) is 48.1 Å². The van der Waals surface area contributed by atoms with Gasteiger partial charge in [-0.3, -0.25) is 9.48 Å². The maximum Gasteiger partial charge on any atom is 0.224 e. The highest BCUT2D eigenvalue weighted by atomic mass is 16.1. The Kier molecular flexibility index (Phi) is 5.37. The Hall–Kier alpha value is -2.30. The molecular weight excluding hydrogens is 264 g/mol. The smallest absolute Gasteiger partial charge is 0.224 e. The van der Waals surface area contributed by atoms with Gasteiger partial charge in [0.05, 0.1) is 18.7 Å². The minimum absolute atomic E-state index is 0.0602. The van der Waals surface area contributed by atoms with Crippen LogP contribution in [0.25, 0.3) is 0 Å². The fourth-order valence-corrected chi connectivity index (χ4v) is 2.17. The van der Waals surface area contributed by atoms with Crippen molar-refractivity contribution in [1.82, 2.24) is 15.1 Å². The van der Waals surface area contributed by atoms with Crippen molar-refractivity contribution in [2.24, 2.45) is 0 Å². The molecule has 0 aliphatic rings. The van der Waals surface area contributed by atoms with Crippen molar-refractivity contribution in [3.63, 3.8) is 0 Å². The number of carbonyl (C=O) groups is 1. The molecule has 0 unspecified atom stereocenters. The van der Waals surface area contributed by atoms with Crippen molar-refractivity contribution < 1.29 is 4.79 Å². The van der Waals surface area contributed by atoms with Gasteiger partial charge in [-0.1, -0.05) is 12.1 Å². The van der Waals surface area contributed by atoms with Gasteiger partial charge in [0, 0.05) is 25.0 Å². The van der Waals surface area contributed by atoms with Crippen LogP contribution in [0.5, 0.6) is 0 Å². The average molecular weight is 286 g/mol. The van der Waals surface area contributed by atoms with Crippen molar-refractivity contribution in [3.8, 4) is 0 Å². The molecule has 0 saturated heterocycles. The quantitative estimate of drug-likeness (QED) is 0.820. The van der Waals surface area contributed by atoms with Crippen molar-refractivity contribution in [3.05, 3.63) is 47.8 Å². The summed E-state index contributed by atoms with van der Waals surface area (Å²) in [6.45, 7) is 6.28. The number of aromatic nitrogens is 2. The topological polar surface area (TPSA) is 59.0 Å². The number of anilines is 1. The third-order valence-corrected chi connectivity index (χ3v) is 3.27. The first-order valence-electron chi connectivity index (χ1n) is 7.33. The van der Waals surface area contributed by atoms with Crippen LogP contribution >= 0.6 is 0 Å². The predicted octanol–water partition coefficient (Wildman–Crippen LogP) is 2.19. The molecule has 1 amide bonds. The fourth-order valence-electron chi connectivity index (χ4n) is 2.17. The van der Waals surface area contributed by atoms with E-state index in [4.69, 9.17) is 0 Å². The minimum atomic E-state index is 0.0602. The Morgan fingerprint density at radius 3 is 2.62 bits per heavy atom. The summed E-state index contributed by atoms with van der Waals surface area (Å²) in [5.74, 6) is 0.0602. The lowest BCUT2D eigenvalue weighted by atomic mass is 10.1. The summed E-state index contributed by atoms with van der Waals surface area (Å²) in [5, 5.41) is 10.4. The van der Waals surface area contributed by atoms with Gasteiger partial charge in [0.2, 0.25) is 5.91 Å². The number of hydrogen-bond acceptors (Lipinski definition) is 3. The van der Waals surface area contributed by atoms with Crippen LogP contribution in [0.2, 0.25) is 0 Å². The van der Waals surface area contributed by atoms with Crippen LogP contribution < -0.4 is 10.6 Å². The second-order valence-electron chi connectivity index (χ2n) is 4.82. The van der Waals surface area contributed by atoms with Gasteiger partial charge in [0.15, 0.2) is 0 Å². The van der Waals surface area contributed by atoms with E-state index in [1.54, 1.807) is 0 Å². The molecule has 5 nitrogen and oxygen atoms in total. The SMILES string of the molecule is CCNC(=O)Cc1ccc(NCc2ccnn2CC)cc1. The van der Waals surface area contributed by atoms with Gasteiger partial charge in [0.25, 0.3) is 0 Å². The van der Waals surface area contributed by atoms with Crippen molar-refractivity contribution in [2.75, 3.05) is 11.9 Å². The standard InChI is InChI=1S/C16H22N4O/c1-3-17-16(21)11-13-5-7-14(8-6-13)18-12-15-9-10-19-20(15)4-2/h5-10,18H,3-4,11-12H2,1-2H3,(H,17,21). The number of benzene rings is 1. The van der Waals surface area contributed by atoms with Crippen LogP contribution in [-0.4, -0.2) is 22.2 Å². The maximum atomic E-state index is 11.5. The Bertz CT molecular complexity index is 574. The van der Waals surface area contributed by atoms with E-state index in [0.717, 1.165) is 30.0 Å². The number of nitrogens with one attached hydrogen (secondary N) is 2. The molecule has 2 N–H and O–H groups in total. The van der Waals surface area contributed by atoms with Crippen molar-refractivity contribution >= 4 is 11.6 Å². The zero-order valence-corrected chi connectivity index (χ0v) is 12.6. The lowest BCUT2D eigenvalue weighted by Gasteiger charge is -2.09. The average Bonchev–Trinajstić information content (AvgIpc) is 2.94. The van der Waals surface area contributed by atoms with Crippen LogP contribution in [0.1, 0.15) is 25.1 Å². The van der Waals surface area contributed by atoms with E-state index in [1.165, 1.54) is 0 Å². The second-order valence-corrected chi connectivity index (χ2v) is 4.82. The number of aryl methyl sites for hydroxylation is 1. The molecule has 1 aromatic carbocycles. The molecular formula is C16H22N4O. The van der Waals surface area contributed by atoms with Gasteiger partial charge in [-0.05, 0) is 37.6 Å². The van der Waals surface area contributed by atoms with Crippen molar-refractivity contribution in [1.29, 1.82) is 0 Å². The van der Waals surface area contributed by atoms with Crippen LogP contribution in [0.3, 0.4) is 0 Å². The molecule has 0 radical (unpaired) electrons. The highest BCUT2D eigenvalue weighted by Gasteiger charge is 2.03. The summed E-state index contributed by atoms with van der Waals surface area (Å²) in [6.07, 6.45) is 2.24. The number of hydrogen-bond donors (Lipinski definition) is 2. The highest BCUT2D eigenvalue weighted by molar-refractivity contribution is 5.78. The van der Waals surface area contributed by atoms with Gasteiger partial charge in [0.1, 0.15) is 0 Å². The summed E-state index contributed by atoms with van der Waals surface area (Å²) < 4.78 is 1.97. The van der Waals surface area contributed by atoms with E-state index in [9.17, 15) is 4.79 Å². The number of nitrogens with zero attached hydrogens (tertiary/aromatic N) is 2. The van der Waals surface area contributed by atoms with E-state index < -0.39 is 0 Å². The molecule has 21 heavy (non-hydrogen) atoms. The number of carbonyl (C=O) groups excluding carboxylic acids is 1. The normalized spacial score (nSPS) is 10.4. The molecule has 112 valence electrons. The molecule has 0 aliphatic heterocycles. The third-order valence-electron chi connectivity index (χ3n) is 3.27. The molecule has 1 heterocycles. The van der Waals surface area contributed by atoms with Gasteiger partial charge in [-0.2, -0.15) is 5.10 Å². The largest absolute Gasteiger partial charge is 0.379 e. The van der Waals surface area contributed by atoms with Crippen LogP contribution in [0, 0.1) is 0 Å². The molecule has 0 spiro atoms. The molecule has 2 rings (SSSR count). The van der Waals surface area contributed by atoms with Gasteiger partial charge >= 0.3 is 0 Å². The molecule has 5 heteroatoms. The monoisotopic (exact) mass is 286 g/mol. The summed E-state index contributed by atoms with van der Waals surface area (Å²) in [6, 6.07) is 9.98. The molecule has 1 aromatic heterocycles. The van der Waals surface area contributed by atoms with Crippen LogP contribution in [0.15, 0.2) is 36.5 Å². The first-order chi connectivity index (χ1) is 10.2. The molecule has 0 aliphatic carbocycles. The Morgan fingerprint density at radius 2 is 1.95 bits per heavy atom. The van der Waals surface area contributed by atoms with E-state index in [-0.39, 0.29) is 5.91 Å². The number of rotatable bonds is 7.